The van der Waals surface area contributed by atoms with Gasteiger partial charge in [0, 0.05) is 41.6 Å². The van der Waals surface area contributed by atoms with E-state index in [-0.39, 0.29) is 12.5 Å². The third-order valence-electron chi connectivity index (χ3n) is 6.14. The summed E-state index contributed by atoms with van der Waals surface area (Å²) in [7, 11) is 0. The minimum Gasteiger partial charge on any atom is -0.494 e. The van der Waals surface area contributed by atoms with Crippen molar-refractivity contribution in [1.29, 1.82) is 0 Å². The highest BCUT2D eigenvalue weighted by Gasteiger charge is 2.50. The van der Waals surface area contributed by atoms with Gasteiger partial charge in [0.2, 0.25) is 5.90 Å². The average molecular weight is 542 g/mol. The molecule has 1 aliphatic rings. The molecule has 1 amide bonds. The largest absolute Gasteiger partial charge is 0.494 e. The number of carbonyl (C=O) groups excluding carboxylic acids is 1. The summed E-state index contributed by atoms with van der Waals surface area (Å²) < 4.78 is 11.8. The standard InChI is InChI=1S/C28H29Cl2N3O4/c1-19-28(17-20-6-3-2-4-7-20,27(35)33-31-18-22-8-11-23(29)16-25(22)30)32-26(37-19)21-9-12-24(13-10-21)36-15-5-14-34/h2-4,6-13,16,19,31,34H,5,14-15,17-18H2,1H3,(H,33,35)/t19-,28-/m0/s1. The number of aliphatic imine (C=N–C) groups is 1. The lowest BCUT2D eigenvalue weighted by Gasteiger charge is -2.28. The summed E-state index contributed by atoms with van der Waals surface area (Å²) in [4.78, 5) is 18.5. The van der Waals surface area contributed by atoms with Crippen molar-refractivity contribution in [1.82, 2.24) is 10.9 Å². The summed E-state index contributed by atoms with van der Waals surface area (Å²) in [5.74, 6) is 0.760. The second-order valence-corrected chi connectivity index (χ2v) is 9.60. The van der Waals surface area contributed by atoms with E-state index >= 15 is 0 Å². The Balaban J connectivity index is 1.54. The highest BCUT2D eigenvalue weighted by atomic mass is 35.5. The molecule has 1 heterocycles. The van der Waals surface area contributed by atoms with Gasteiger partial charge >= 0.3 is 0 Å². The van der Waals surface area contributed by atoms with Crippen molar-refractivity contribution >= 4 is 35.0 Å². The molecule has 0 unspecified atom stereocenters. The maximum Gasteiger partial charge on any atom is 0.266 e. The highest BCUT2D eigenvalue weighted by Crippen LogP contribution is 2.33. The van der Waals surface area contributed by atoms with Gasteiger partial charge in [0.15, 0.2) is 5.54 Å². The fraction of sp³-hybridized carbons (Fsp3) is 0.286. The Morgan fingerprint density at radius 1 is 1.11 bits per heavy atom. The molecule has 0 aromatic heterocycles. The fourth-order valence-corrected chi connectivity index (χ4v) is 4.52. The van der Waals surface area contributed by atoms with Gasteiger partial charge in [0.25, 0.3) is 5.91 Å². The number of hydrogen-bond donors (Lipinski definition) is 3. The molecule has 0 spiro atoms. The number of ether oxygens (including phenoxy) is 2. The van der Waals surface area contributed by atoms with Crippen LogP contribution in [0.5, 0.6) is 5.75 Å². The van der Waals surface area contributed by atoms with Gasteiger partial charge in [-0.3, -0.25) is 10.2 Å². The van der Waals surface area contributed by atoms with E-state index in [0.717, 1.165) is 16.7 Å². The van der Waals surface area contributed by atoms with Crippen LogP contribution in [0.3, 0.4) is 0 Å². The van der Waals surface area contributed by atoms with Crippen molar-refractivity contribution in [3.8, 4) is 5.75 Å². The molecular formula is C28H29Cl2N3O4. The van der Waals surface area contributed by atoms with Crippen molar-refractivity contribution in [3.63, 3.8) is 0 Å². The molecule has 37 heavy (non-hydrogen) atoms. The van der Waals surface area contributed by atoms with E-state index in [0.29, 0.717) is 47.7 Å². The number of carbonyl (C=O) groups is 1. The smallest absolute Gasteiger partial charge is 0.266 e. The number of halogens is 2. The quantitative estimate of drug-likeness (QED) is 0.241. The molecule has 0 saturated carbocycles. The van der Waals surface area contributed by atoms with Crippen molar-refractivity contribution in [2.75, 3.05) is 13.2 Å². The summed E-state index contributed by atoms with van der Waals surface area (Å²) in [6.45, 7) is 2.67. The first-order valence-electron chi connectivity index (χ1n) is 12.0. The highest BCUT2D eigenvalue weighted by molar-refractivity contribution is 6.35. The van der Waals surface area contributed by atoms with Gasteiger partial charge < -0.3 is 14.6 Å². The topological polar surface area (TPSA) is 92.2 Å². The molecule has 0 bridgehead atoms. The minimum absolute atomic E-state index is 0.0772. The molecule has 3 N–H and O–H groups in total. The third kappa shape index (κ3) is 6.62. The second-order valence-electron chi connectivity index (χ2n) is 8.76. The Morgan fingerprint density at radius 3 is 2.57 bits per heavy atom. The summed E-state index contributed by atoms with van der Waals surface area (Å²) in [6.07, 6.45) is 0.393. The van der Waals surface area contributed by atoms with Crippen molar-refractivity contribution < 1.29 is 19.4 Å². The predicted molar refractivity (Wildman–Crippen MR) is 145 cm³/mol. The number of nitrogens with zero attached hydrogens (tertiary/aromatic N) is 1. The van der Waals surface area contributed by atoms with E-state index < -0.39 is 11.6 Å². The van der Waals surface area contributed by atoms with Crippen molar-refractivity contribution in [2.24, 2.45) is 4.99 Å². The van der Waals surface area contributed by atoms with Crippen LogP contribution in [0.15, 0.2) is 77.8 Å². The van der Waals surface area contributed by atoms with E-state index in [9.17, 15) is 4.79 Å². The Bertz CT molecular complexity index is 1240. The number of amides is 1. The number of nitrogens with one attached hydrogen (secondary N) is 2. The Labute approximate surface area is 226 Å². The van der Waals surface area contributed by atoms with Crippen LogP contribution in [0, 0.1) is 0 Å². The Hall–Kier alpha value is -3.10. The molecule has 3 aromatic carbocycles. The van der Waals surface area contributed by atoms with Gasteiger partial charge in [0.1, 0.15) is 11.9 Å². The number of benzene rings is 3. The van der Waals surface area contributed by atoms with Crippen molar-refractivity contribution in [3.05, 3.63) is 99.5 Å². The summed E-state index contributed by atoms with van der Waals surface area (Å²) in [6, 6.07) is 22.3. The van der Waals surface area contributed by atoms with E-state index in [2.05, 4.69) is 10.9 Å². The van der Waals surface area contributed by atoms with Crippen LogP contribution in [0.25, 0.3) is 0 Å². The van der Waals surface area contributed by atoms with Gasteiger partial charge in [-0.15, -0.1) is 0 Å². The van der Waals surface area contributed by atoms with Gasteiger partial charge in [-0.25, -0.2) is 10.4 Å². The second kappa shape index (κ2) is 12.4. The van der Waals surface area contributed by atoms with Gasteiger partial charge in [-0.2, -0.15) is 0 Å². The van der Waals surface area contributed by atoms with Crippen LogP contribution in [0.2, 0.25) is 10.0 Å². The monoisotopic (exact) mass is 541 g/mol. The molecular weight excluding hydrogens is 513 g/mol. The molecule has 194 valence electrons. The van der Waals surface area contributed by atoms with Gasteiger partial charge in [-0.1, -0.05) is 59.6 Å². The normalized spacial score (nSPS) is 18.7. The van der Waals surface area contributed by atoms with Crippen LogP contribution in [0.4, 0.5) is 0 Å². The van der Waals surface area contributed by atoms with Crippen molar-refractivity contribution in [2.45, 2.75) is 38.0 Å². The molecule has 4 rings (SSSR count). The van der Waals surface area contributed by atoms with Crippen LogP contribution >= 0.6 is 23.2 Å². The Morgan fingerprint density at radius 2 is 1.86 bits per heavy atom. The maximum atomic E-state index is 13.6. The number of rotatable bonds is 11. The lowest BCUT2D eigenvalue weighted by atomic mass is 9.86. The molecule has 0 fully saturated rings. The zero-order valence-corrected chi connectivity index (χ0v) is 21.9. The first-order valence-corrected chi connectivity index (χ1v) is 12.8. The van der Waals surface area contributed by atoms with Crippen LogP contribution < -0.4 is 15.6 Å². The lowest BCUT2D eigenvalue weighted by molar-refractivity contribution is -0.129. The SMILES string of the molecule is C[C@@H]1OC(c2ccc(OCCCO)cc2)=N[C@]1(Cc1ccccc1)C(=O)NNCc1ccc(Cl)cc1Cl. The minimum atomic E-state index is -1.19. The third-order valence-corrected chi connectivity index (χ3v) is 6.73. The number of aliphatic hydroxyl groups is 1. The molecule has 0 radical (unpaired) electrons. The Kier molecular flexibility index (Phi) is 9.05. The molecule has 0 aliphatic carbocycles. The number of hydrazine groups is 1. The molecule has 9 heteroatoms. The van der Waals surface area contributed by atoms with E-state index in [1.165, 1.54) is 0 Å². The fourth-order valence-electron chi connectivity index (χ4n) is 4.04. The van der Waals surface area contributed by atoms with Gasteiger partial charge in [0.05, 0.1) is 6.61 Å². The van der Waals surface area contributed by atoms with Crippen LogP contribution in [-0.2, 0) is 22.5 Å². The average Bonchev–Trinajstić information content (AvgIpc) is 3.23. The predicted octanol–water partition coefficient (Wildman–Crippen LogP) is 4.72. The lowest BCUT2D eigenvalue weighted by Crippen LogP contribution is -2.55. The summed E-state index contributed by atoms with van der Waals surface area (Å²) in [5, 5.41) is 9.98. The summed E-state index contributed by atoms with van der Waals surface area (Å²) in [5.41, 5.74) is 7.09. The number of hydrogen-bond acceptors (Lipinski definition) is 6. The zero-order valence-electron chi connectivity index (χ0n) is 20.4. The molecule has 2 atom stereocenters. The van der Waals surface area contributed by atoms with Crippen LogP contribution in [-0.4, -0.2) is 41.8 Å². The van der Waals surface area contributed by atoms with Gasteiger partial charge in [-0.05, 0) is 54.4 Å². The first kappa shape index (κ1) is 26.9. The number of aliphatic hydroxyl groups excluding tert-OH is 1. The van der Waals surface area contributed by atoms with Crippen LogP contribution in [0.1, 0.15) is 30.0 Å². The molecule has 0 saturated heterocycles. The van der Waals surface area contributed by atoms with E-state index in [1.807, 2.05) is 61.5 Å². The molecule has 3 aromatic rings. The van der Waals surface area contributed by atoms with E-state index in [1.54, 1.807) is 18.2 Å². The summed E-state index contributed by atoms with van der Waals surface area (Å²) >= 11 is 12.2. The zero-order chi connectivity index (χ0) is 26.3. The first-order chi connectivity index (χ1) is 17.9. The maximum absolute atomic E-state index is 13.6. The molecule has 1 aliphatic heterocycles. The van der Waals surface area contributed by atoms with E-state index in [4.69, 9.17) is 42.8 Å². The molecule has 7 nitrogen and oxygen atoms in total.